The fourth-order valence-corrected chi connectivity index (χ4v) is 3.65. The van der Waals surface area contributed by atoms with Gasteiger partial charge in [-0.1, -0.05) is 30.3 Å². The molecule has 4 N–H and O–H groups in total. The maximum Gasteiger partial charge on any atom is 0.248 e. The summed E-state index contributed by atoms with van der Waals surface area (Å²) < 4.78 is 13.3. The Morgan fingerprint density at radius 3 is 2.53 bits per heavy atom. The van der Waals surface area contributed by atoms with Crippen molar-refractivity contribution in [3.05, 3.63) is 107 Å². The molecule has 0 aliphatic carbocycles. The third-order valence-electron chi connectivity index (χ3n) is 5.27. The van der Waals surface area contributed by atoms with Crippen LogP contribution in [0, 0.1) is 5.82 Å². The number of hydrogen-bond donors (Lipinski definition) is 3. The van der Waals surface area contributed by atoms with Crippen LogP contribution in [-0.2, 0) is 19.4 Å². The van der Waals surface area contributed by atoms with E-state index < -0.39 is 5.91 Å². The number of amides is 1. The van der Waals surface area contributed by atoms with Gasteiger partial charge >= 0.3 is 0 Å². The number of hydrogen-bond acceptors (Lipinski definition) is 2. The zero-order valence-corrected chi connectivity index (χ0v) is 16.6. The molecule has 1 aromatic heterocycles. The largest absolute Gasteiger partial charge is 0.366 e. The van der Waals surface area contributed by atoms with Crippen molar-refractivity contribution in [2.45, 2.75) is 19.4 Å². The molecule has 1 amide bonds. The SMILES string of the molecule is NC(=O)c1ccc(Cc2c[nH]c3ccc(CNCCc4cccc(F)c4)cc23)cc1. The van der Waals surface area contributed by atoms with Gasteiger partial charge in [-0.25, -0.2) is 4.39 Å². The van der Waals surface area contributed by atoms with Crippen LogP contribution >= 0.6 is 0 Å². The number of aromatic nitrogens is 1. The number of primary amides is 1. The maximum atomic E-state index is 13.3. The van der Waals surface area contributed by atoms with Crippen LogP contribution in [-0.4, -0.2) is 17.4 Å². The molecule has 152 valence electrons. The van der Waals surface area contributed by atoms with Crippen molar-refractivity contribution < 1.29 is 9.18 Å². The zero-order chi connectivity index (χ0) is 20.9. The van der Waals surface area contributed by atoms with Crippen molar-refractivity contribution in [3.8, 4) is 0 Å². The summed E-state index contributed by atoms with van der Waals surface area (Å²) in [5.41, 5.74) is 11.5. The molecule has 0 bridgehead atoms. The van der Waals surface area contributed by atoms with E-state index in [0.717, 1.165) is 42.6 Å². The standard InChI is InChI=1S/C25H24FN3O/c26-22-3-1-2-17(13-22)10-11-28-15-19-6-9-24-23(14-19)21(16-29-24)12-18-4-7-20(8-5-18)25(27)30/h1-9,13-14,16,28-29H,10-12,15H2,(H2,27,30). The number of nitrogens with one attached hydrogen (secondary N) is 2. The first-order valence-corrected chi connectivity index (χ1v) is 10.0. The molecule has 4 rings (SSSR count). The van der Waals surface area contributed by atoms with E-state index in [-0.39, 0.29) is 5.82 Å². The van der Waals surface area contributed by atoms with Crippen molar-refractivity contribution >= 4 is 16.8 Å². The molecule has 0 atom stereocenters. The minimum absolute atomic E-state index is 0.192. The first-order valence-electron chi connectivity index (χ1n) is 10.0. The lowest BCUT2D eigenvalue weighted by molar-refractivity contribution is 0.100. The third-order valence-corrected chi connectivity index (χ3v) is 5.27. The summed E-state index contributed by atoms with van der Waals surface area (Å²) in [5, 5.41) is 4.63. The highest BCUT2D eigenvalue weighted by Crippen LogP contribution is 2.23. The third kappa shape index (κ3) is 4.75. The van der Waals surface area contributed by atoms with Crippen molar-refractivity contribution in [3.63, 3.8) is 0 Å². The molecule has 0 radical (unpaired) electrons. The molecule has 0 aliphatic rings. The summed E-state index contributed by atoms with van der Waals surface area (Å²) in [5.74, 6) is -0.606. The Kier molecular flexibility index (Phi) is 5.91. The zero-order valence-electron chi connectivity index (χ0n) is 16.6. The van der Waals surface area contributed by atoms with E-state index in [0.29, 0.717) is 5.56 Å². The molecule has 0 aliphatic heterocycles. The average Bonchev–Trinajstić information content (AvgIpc) is 3.14. The number of aromatic amines is 1. The van der Waals surface area contributed by atoms with E-state index in [1.807, 2.05) is 24.4 Å². The van der Waals surface area contributed by atoms with E-state index in [4.69, 9.17) is 5.73 Å². The predicted molar refractivity (Wildman–Crippen MR) is 118 cm³/mol. The highest BCUT2D eigenvalue weighted by atomic mass is 19.1. The first-order chi connectivity index (χ1) is 14.6. The normalized spacial score (nSPS) is 11.1. The van der Waals surface area contributed by atoms with E-state index in [2.05, 4.69) is 28.5 Å². The van der Waals surface area contributed by atoms with Crippen LogP contribution in [0.2, 0.25) is 0 Å². The van der Waals surface area contributed by atoms with Gasteiger partial charge in [-0.05, 0) is 78.0 Å². The molecule has 1 heterocycles. The first kappa shape index (κ1) is 19.9. The monoisotopic (exact) mass is 401 g/mol. The fraction of sp³-hybridized carbons (Fsp3) is 0.160. The number of nitrogens with two attached hydrogens (primary N) is 1. The summed E-state index contributed by atoms with van der Waals surface area (Å²) in [4.78, 5) is 14.6. The van der Waals surface area contributed by atoms with Crippen molar-refractivity contribution in [2.24, 2.45) is 5.73 Å². The van der Waals surface area contributed by atoms with Crippen LogP contribution in [0.15, 0.2) is 72.9 Å². The summed E-state index contributed by atoms with van der Waals surface area (Å²) in [6.45, 7) is 1.54. The molecule has 4 aromatic rings. The lowest BCUT2D eigenvalue weighted by Gasteiger charge is -2.07. The van der Waals surface area contributed by atoms with Crippen molar-refractivity contribution in [1.82, 2.24) is 10.3 Å². The van der Waals surface area contributed by atoms with E-state index >= 15 is 0 Å². The molecule has 0 fully saturated rings. The second-order valence-electron chi connectivity index (χ2n) is 7.49. The second kappa shape index (κ2) is 8.93. The molecule has 4 nitrogen and oxygen atoms in total. The molecule has 0 saturated heterocycles. The highest BCUT2D eigenvalue weighted by molar-refractivity contribution is 5.92. The Hall–Kier alpha value is -3.44. The molecule has 3 aromatic carbocycles. The van der Waals surface area contributed by atoms with Gasteiger partial charge in [-0.15, -0.1) is 0 Å². The van der Waals surface area contributed by atoms with Gasteiger partial charge in [0.05, 0.1) is 0 Å². The number of rotatable bonds is 8. The van der Waals surface area contributed by atoms with Crippen LogP contribution in [0.1, 0.15) is 32.6 Å². The summed E-state index contributed by atoms with van der Waals surface area (Å²) >= 11 is 0. The molecule has 0 saturated carbocycles. The van der Waals surface area contributed by atoms with Gasteiger partial charge < -0.3 is 16.0 Å². The number of carbonyl (C=O) groups excluding carboxylic acids is 1. The number of fused-ring (bicyclic) bond motifs is 1. The predicted octanol–water partition coefficient (Wildman–Crippen LogP) is 4.33. The minimum atomic E-state index is -0.414. The molecule has 30 heavy (non-hydrogen) atoms. The van der Waals surface area contributed by atoms with Crippen molar-refractivity contribution in [2.75, 3.05) is 6.54 Å². The number of halogens is 1. The number of H-pyrrole nitrogens is 1. The highest BCUT2D eigenvalue weighted by Gasteiger charge is 2.07. The van der Waals surface area contributed by atoms with Gasteiger partial charge in [0.1, 0.15) is 5.82 Å². The fourth-order valence-electron chi connectivity index (χ4n) is 3.65. The smallest absolute Gasteiger partial charge is 0.248 e. The Balaban J connectivity index is 1.40. The minimum Gasteiger partial charge on any atom is -0.366 e. The maximum absolute atomic E-state index is 13.3. The van der Waals surface area contributed by atoms with Gasteiger partial charge in [-0.3, -0.25) is 4.79 Å². The summed E-state index contributed by atoms with van der Waals surface area (Å²) in [7, 11) is 0. The van der Waals surface area contributed by atoms with Gasteiger partial charge in [0.15, 0.2) is 0 Å². The Labute approximate surface area is 174 Å². The molecular formula is C25H24FN3O. The Bertz CT molecular complexity index is 1160. The molecule has 5 heteroatoms. The quantitative estimate of drug-likeness (QED) is 0.385. The van der Waals surface area contributed by atoms with E-state index in [1.54, 1.807) is 24.3 Å². The summed E-state index contributed by atoms with van der Waals surface area (Å²) in [6.07, 6.45) is 3.60. The van der Waals surface area contributed by atoms with Crippen molar-refractivity contribution in [1.29, 1.82) is 0 Å². The van der Waals surface area contributed by atoms with E-state index in [9.17, 15) is 9.18 Å². The lowest BCUT2D eigenvalue weighted by Crippen LogP contribution is -2.16. The van der Waals surface area contributed by atoms with Crippen LogP contribution in [0.3, 0.4) is 0 Å². The van der Waals surface area contributed by atoms with Gasteiger partial charge in [-0.2, -0.15) is 0 Å². The summed E-state index contributed by atoms with van der Waals surface area (Å²) in [6, 6.07) is 20.6. The van der Waals surface area contributed by atoms with E-state index in [1.165, 1.54) is 22.6 Å². The number of carbonyl (C=O) groups is 1. The molecular weight excluding hydrogens is 377 g/mol. The van der Waals surface area contributed by atoms with Crippen LogP contribution < -0.4 is 11.1 Å². The van der Waals surface area contributed by atoms with Gasteiger partial charge in [0.2, 0.25) is 5.91 Å². The Morgan fingerprint density at radius 1 is 0.967 bits per heavy atom. The van der Waals surface area contributed by atoms with Gasteiger partial charge in [0, 0.05) is 29.2 Å². The van der Waals surface area contributed by atoms with Crippen LogP contribution in [0.5, 0.6) is 0 Å². The van der Waals surface area contributed by atoms with Crippen LogP contribution in [0.25, 0.3) is 10.9 Å². The number of benzene rings is 3. The second-order valence-corrected chi connectivity index (χ2v) is 7.49. The van der Waals surface area contributed by atoms with Crippen LogP contribution in [0.4, 0.5) is 4.39 Å². The Morgan fingerprint density at radius 2 is 1.77 bits per heavy atom. The topological polar surface area (TPSA) is 70.9 Å². The molecule has 0 spiro atoms. The van der Waals surface area contributed by atoms with Gasteiger partial charge in [0.25, 0.3) is 0 Å². The average molecular weight is 401 g/mol. The molecule has 0 unspecified atom stereocenters. The lowest BCUT2D eigenvalue weighted by atomic mass is 10.0.